The van der Waals surface area contributed by atoms with Crippen LogP contribution in [0.1, 0.15) is 11.5 Å². The van der Waals surface area contributed by atoms with Crippen molar-refractivity contribution in [3.8, 4) is 22.4 Å². The van der Waals surface area contributed by atoms with Gasteiger partial charge < -0.3 is 14.7 Å². The second kappa shape index (κ2) is 4.73. The van der Waals surface area contributed by atoms with Crippen LogP contribution in [0.5, 0.6) is 0 Å². The van der Waals surface area contributed by atoms with Crippen molar-refractivity contribution in [3.63, 3.8) is 0 Å². The topological polar surface area (TPSA) is 65.2 Å². The predicted molar refractivity (Wildman–Crippen MR) is 73.4 cm³/mol. The quantitative estimate of drug-likeness (QED) is 0.772. The maximum atomic E-state index is 14.0. The minimum Gasteiger partial charge on any atom is -0.466 e. The number of anilines is 1. The summed E-state index contributed by atoms with van der Waals surface area (Å²) in [5, 5.41) is 3.88. The summed E-state index contributed by atoms with van der Waals surface area (Å²) >= 11 is 0. The van der Waals surface area contributed by atoms with Crippen LogP contribution in [0.4, 0.5) is 14.7 Å². The number of hydrogen-bond donors (Lipinski definition) is 1. The van der Waals surface area contributed by atoms with Crippen molar-refractivity contribution in [1.82, 2.24) is 5.16 Å². The molecule has 0 fully saturated rings. The van der Waals surface area contributed by atoms with Crippen LogP contribution in [0.25, 0.3) is 22.4 Å². The lowest BCUT2D eigenvalue weighted by Gasteiger charge is -2.03. The van der Waals surface area contributed by atoms with Crippen LogP contribution >= 0.6 is 0 Å². The Bertz CT molecular complexity index is 821. The van der Waals surface area contributed by atoms with Gasteiger partial charge in [0, 0.05) is 17.2 Å². The average molecular weight is 290 g/mol. The molecule has 3 rings (SSSR count). The van der Waals surface area contributed by atoms with E-state index in [1.165, 1.54) is 6.07 Å². The first kappa shape index (κ1) is 13.4. The molecular formula is C15H12F2N2O2. The summed E-state index contributed by atoms with van der Waals surface area (Å²) in [5.74, 6) is -0.125. The van der Waals surface area contributed by atoms with Gasteiger partial charge in [0.25, 0.3) is 0 Å². The molecule has 1 aromatic carbocycles. The SMILES string of the molecule is Cc1cc(-c2noc(N)c2-c2ccc(F)cc2F)c(C)o1. The molecule has 0 spiro atoms. The number of furan rings is 1. The lowest BCUT2D eigenvalue weighted by Crippen LogP contribution is -1.92. The van der Waals surface area contributed by atoms with E-state index in [0.717, 1.165) is 12.1 Å². The molecule has 4 nitrogen and oxygen atoms in total. The molecule has 0 saturated carbocycles. The van der Waals surface area contributed by atoms with E-state index in [1.807, 2.05) is 0 Å². The number of rotatable bonds is 2. The van der Waals surface area contributed by atoms with Crippen LogP contribution in [0.15, 0.2) is 33.2 Å². The fraction of sp³-hybridized carbons (Fsp3) is 0.133. The predicted octanol–water partition coefficient (Wildman–Crippen LogP) is 4.08. The highest BCUT2D eigenvalue weighted by molar-refractivity contribution is 5.87. The molecule has 0 aliphatic heterocycles. The fourth-order valence-corrected chi connectivity index (χ4v) is 2.31. The highest BCUT2D eigenvalue weighted by Crippen LogP contribution is 2.39. The minimum atomic E-state index is -0.732. The lowest BCUT2D eigenvalue weighted by molar-refractivity contribution is 0.439. The van der Waals surface area contributed by atoms with Gasteiger partial charge in [-0.3, -0.25) is 0 Å². The third kappa shape index (κ3) is 2.18. The molecule has 0 radical (unpaired) electrons. The molecule has 3 aromatic rings. The Hall–Kier alpha value is -2.63. The van der Waals surface area contributed by atoms with Gasteiger partial charge in [-0.15, -0.1) is 0 Å². The number of benzene rings is 1. The molecule has 0 aliphatic carbocycles. The Morgan fingerprint density at radius 2 is 1.86 bits per heavy atom. The minimum absolute atomic E-state index is 0.0336. The molecule has 0 saturated heterocycles. The Kier molecular flexibility index (Phi) is 3.01. The van der Waals surface area contributed by atoms with Gasteiger partial charge in [-0.05, 0) is 32.0 Å². The Labute approximate surface area is 119 Å². The third-order valence-electron chi connectivity index (χ3n) is 3.22. The van der Waals surface area contributed by atoms with Crippen molar-refractivity contribution in [2.45, 2.75) is 13.8 Å². The summed E-state index contributed by atoms with van der Waals surface area (Å²) in [5.41, 5.74) is 7.20. The van der Waals surface area contributed by atoms with Crippen LogP contribution < -0.4 is 5.73 Å². The number of aryl methyl sites for hydroxylation is 2. The molecule has 2 heterocycles. The molecule has 108 valence electrons. The molecule has 2 N–H and O–H groups in total. The van der Waals surface area contributed by atoms with Crippen molar-refractivity contribution < 1.29 is 17.7 Å². The number of aromatic nitrogens is 1. The smallest absolute Gasteiger partial charge is 0.230 e. The zero-order valence-electron chi connectivity index (χ0n) is 11.4. The van der Waals surface area contributed by atoms with Gasteiger partial charge in [0.1, 0.15) is 28.8 Å². The maximum absolute atomic E-state index is 14.0. The van der Waals surface area contributed by atoms with Gasteiger partial charge >= 0.3 is 0 Å². The van der Waals surface area contributed by atoms with Crippen molar-refractivity contribution in [2.75, 3.05) is 5.73 Å². The van der Waals surface area contributed by atoms with Gasteiger partial charge in [0.15, 0.2) is 0 Å². The van der Waals surface area contributed by atoms with Crippen molar-refractivity contribution >= 4 is 5.88 Å². The molecule has 0 atom stereocenters. The van der Waals surface area contributed by atoms with Gasteiger partial charge in [0.2, 0.25) is 5.88 Å². The standard InChI is InChI=1S/C15H12F2N2O2/c1-7-5-11(8(2)20-7)14-13(15(18)21-19-14)10-4-3-9(16)6-12(10)17/h3-6H,18H2,1-2H3. The zero-order chi connectivity index (χ0) is 15.1. The first-order chi connectivity index (χ1) is 9.97. The summed E-state index contributed by atoms with van der Waals surface area (Å²) < 4.78 is 37.5. The summed E-state index contributed by atoms with van der Waals surface area (Å²) in [4.78, 5) is 0. The van der Waals surface area contributed by atoms with Gasteiger partial charge in [-0.25, -0.2) is 8.78 Å². The molecule has 0 bridgehead atoms. The Morgan fingerprint density at radius 1 is 1.10 bits per heavy atom. The maximum Gasteiger partial charge on any atom is 0.230 e. The van der Waals surface area contributed by atoms with Gasteiger partial charge in [-0.1, -0.05) is 5.16 Å². The van der Waals surface area contributed by atoms with E-state index in [0.29, 0.717) is 22.8 Å². The van der Waals surface area contributed by atoms with Crippen molar-refractivity contribution in [1.29, 1.82) is 0 Å². The largest absolute Gasteiger partial charge is 0.466 e. The highest BCUT2D eigenvalue weighted by Gasteiger charge is 2.23. The van der Waals surface area contributed by atoms with E-state index in [2.05, 4.69) is 5.16 Å². The summed E-state index contributed by atoms with van der Waals surface area (Å²) in [6.45, 7) is 3.55. The molecule has 21 heavy (non-hydrogen) atoms. The monoisotopic (exact) mass is 290 g/mol. The Balaban J connectivity index is 2.24. The van der Waals surface area contributed by atoms with Crippen molar-refractivity contribution in [2.24, 2.45) is 0 Å². The van der Waals surface area contributed by atoms with Crippen LogP contribution in [0.2, 0.25) is 0 Å². The molecule has 0 unspecified atom stereocenters. The molecule has 2 aromatic heterocycles. The van der Waals surface area contributed by atoms with E-state index < -0.39 is 11.6 Å². The van der Waals surface area contributed by atoms with Crippen LogP contribution in [0.3, 0.4) is 0 Å². The number of nitrogen functional groups attached to an aromatic ring is 1. The normalized spacial score (nSPS) is 11.0. The summed E-state index contributed by atoms with van der Waals surface area (Å²) in [6, 6.07) is 5.01. The average Bonchev–Trinajstić information content (AvgIpc) is 2.93. The molecule has 6 heteroatoms. The van der Waals surface area contributed by atoms with Crippen LogP contribution in [0, 0.1) is 25.5 Å². The first-order valence-electron chi connectivity index (χ1n) is 6.25. The number of hydrogen-bond acceptors (Lipinski definition) is 4. The lowest BCUT2D eigenvalue weighted by atomic mass is 10.0. The van der Waals surface area contributed by atoms with Gasteiger partial charge in [0.05, 0.1) is 5.56 Å². The van der Waals surface area contributed by atoms with E-state index >= 15 is 0 Å². The first-order valence-corrected chi connectivity index (χ1v) is 6.25. The molecule has 0 amide bonds. The van der Waals surface area contributed by atoms with E-state index in [1.54, 1.807) is 19.9 Å². The number of nitrogens with two attached hydrogens (primary N) is 1. The molecule has 0 aliphatic rings. The van der Waals surface area contributed by atoms with E-state index in [4.69, 9.17) is 14.7 Å². The second-order valence-electron chi connectivity index (χ2n) is 4.72. The van der Waals surface area contributed by atoms with Gasteiger partial charge in [-0.2, -0.15) is 0 Å². The van der Waals surface area contributed by atoms with Crippen LogP contribution in [-0.4, -0.2) is 5.16 Å². The highest BCUT2D eigenvalue weighted by atomic mass is 19.1. The zero-order valence-corrected chi connectivity index (χ0v) is 11.4. The van der Waals surface area contributed by atoms with Crippen LogP contribution in [-0.2, 0) is 0 Å². The summed E-state index contributed by atoms with van der Waals surface area (Å²) in [6.07, 6.45) is 0. The van der Waals surface area contributed by atoms with E-state index in [-0.39, 0.29) is 17.0 Å². The second-order valence-corrected chi connectivity index (χ2v) is 4.72. The number of nitrogens with zero attached hydrogens (tertiary/aromatic N) is 1. The fourth-order valence-electron chi connectivity index (χ4n) is 2.31. The number of halogens is 2. The van der Waals surface area contributed by atoms with E-state index in [9.17, 15) is 8.78 Å². The molecular weight excluding hydrogens is 278 g/mol. The summed E-state index contributed by atoms with van der Waals surface area (Å²) in [7, 11) is 0. The third-order valence-corrected chi connectivity index (χ3v) is 3.22. The Morgan fingerprint density at radius 3 is 2.48 bits per heavy atom. The van der Waals surface area contributed by atoms with Crippen molar-refractivity contribution in [3.05, 3.63) is 47.4 Å².